The molecule has 0 radical (unpaired) electrons. The summed E-state index contributed by atoms with van der Waals surface area (Å²) in [7, 11) is 0. The Bertz CT molecular complexity index is 73.3. The maximum Gasteiger partial charge on any atom is 0.133 e. The molecule has 3 N–H and O–H groups in total. The van der Waals surface area contributed by atoms with Crippen LogP contribution in [0, 0.1) is 0 Å². The van der Waals surface area contributed by atoms with Gasteiger partial charge in [0.1, 0.15) is 9.76 Å². The van der Waals surface area contributed by atoms with E-state index in [1.165, 1.54) is 0 Å². The van der Waals surface area contributed by atoms with Crippen molar-refractivity contribution in [3.05, 3.63) is 0 Å². The van der Waals surface area contributed by atoms with Gasteiger partial charge in [-0.3, -0.25) is 0 Å². The average Bonchev–Trinajstić information content (AvgIpc) is 1.27. The molecule has 7 heavy (non-hydrogen) atoms. The predicted molar refractivity (Wildman–Crippen MR) is 36.1 cm³/mol. The van der Waals surface area contributed by atoms with Crippen LogP contribution in [0.2, 0.25) is 0 Å². The zero-order valence-electron chi connectivity index (χ0n) is 3.92. The van der Waals surface area contributed by atoms with Gasteiger partial charge in [-0.15, -0.1) is 0 Å². The predicted octanol–water partition coefficient (Wildman–Crippen LogP) is 0.302. The molecule has 0 saturated heterocycles. The van der Waals surface area contributed by atoms with Crippen LogP contribution in [0.3, 0.4) is 0 Å². The van der Waals surface area contributed by atoms with Crippen molar-refractivity contribution in [2.24, 2.45) is 5.73 Å². The molecule has 1 atom stereocenters. The second-order valence-corrected chi connectivity index (χ2v) is 3.09. The smallest absolute Gasteiger partial charge is 0.133 e. The molecule has 4 heteroatoms. The van der Waals surface area contributed by atoms with Gasteiger partial charge in [-0.2, -0.15) is 0 Å². The van der Waals surface area contributed by atoms with E-state index in [0.29, 0.717) is 0 Å². The van der Waals surface area contributed by atoms with Gasteiger partial charge in [0.05, 0.1) is 0 Å². The summed E-state index contributed by atoms with van der Waals surface area (Å²) < 4.78 is 0.287. The van der Waals surface area contributed by atoms with Crippen LogP contribution in [0.5, 0.6) is 0 Å². The van der Waals surface area contributed by atoms with Crippen molar-refractivity contribution in [3.63, 3.8) is 0 Å². The van der Waals surface area contributed by atoms with E-state index in [2.05, 4.69) is 12.2 Å². The van der Waals surface area contributed by atoms with Crippen molar-refractivity contribution in [1.82, 2.24) is 0 Å². The Hall–Kier alpha value is 0.200. The summed E-state index contributed by atoms with van der Waals surface area (Å²) in [5.74, 6) is 0. The summed E-state index contributed by atoms with van der Waals surface area (Å²) in [5, 5.41) is 8.52. The van der Waals surface area contributed by atoms with Gasteiger partial charge in [0, 0.05) is 0 Å². The largest absolute Gasteiger partial charge is 0.385 e. The van der Waals surface area contributed by atoms with Crippen molar-refractivity contribution in [3.8, 4) is 0 Å². The van der Waals surface area contributed by atoms with Crippen molar-refractivity contribution in [1.29, 1.82) is 0 Å². The minimum absolute atomic E-state index is 0.287. The van der Waals surface area contributed by atoms with Crippen LogP contribution in [-0.4, -0.2) is 14.9 Å². The molecule has 0 heterocycles. The standard InChI is InChI=1S/C3H7NOS2/c1-2(5)7-3(4)6/h2,5H,1H3,(H2,4,6). The van der Waals surface area contributed by atoms with E-state index in [1.54, 1.807) is 6.92 Å². The summed E-state index contributed by atoms with van der Waals surface area (Å²) in [5.41, 5.74) is 4.55. The second kappa shape index (κ2) is 3.23. The van der Waals surface area contributed by atoms with Crippen LogP contribution >= 0.6 is 24.0 Å². The van der Waals surface area contributed by atoms with Gasteiger partial charge >= 0.3 is 0 Å². The fourth-order valence-corrected chi connectivity index (χ4v) is 0.922. The number of thiocarbonyl (C=S) groups is 1. The Morgan fingerprint density at radius 2 is 2.43 bits per heavy atom. The summed E-state index contributed by atoms with van der Waals surface area (Å²) in [4.78, 5) is 0. The van der Waals surface area contributed by atoms with Crippen LogP contribution in [0.4, 0.5) is 0 Å². The van der Waals surface area contributed by atoms with Crippen LogP contribution in [0.1, 0.15) is 6.92 Å². The highest BCUT2D eigenvalue weighted by atomic mass is 32.2. The van der Waals surface area contributed by atoms with Gasteiger partial charge < -0.3 is 10.8 Å². The summed E-state index contributed by atoms with van der Waals surface area (Å²) >= 11 is 5.53. The van der Waals surface area contributed by atoms with Crippen molar-refractivity contribution < 1.29 is 5.11 Å². The lowest BCUT2D eigenvalue weighted by atomic mass is 10.9. The molecule has 42 valence electrons. The molecule has 0 aliphatic heterocycles. The van der Waals surface area contributed by atoms with Gasteiger partial charge in [0.2, 0.25) is 0 Å². The molecule has 0 aromatic carbocycles. The first kappa shape index (κ1) is 7.20. The zero-order valence-corrected chi connectivity index (χ0v) is 5.55. The zero-order chi connectivity index (χ0) is 5.86. The lowest BCUT2D eigenvalue weighted by molar-refractivity contribution is 0.285. The molecule has 0 bridgehead atoms. The number of aliphatic hydroxyl groups is 1. The molecule has 0 aromatic heterocycles. The molecule has 0 aromatic rings. The van der Waals surface area contributed by atoms with Crippen LogP contribution < -0.4 is 5.73 Å². The molecule has 0 amide bonds. The van der Waals surface area contributed by atoms with Crippen LogP contribution in [-0.2, 0) is 0 Å². The van der Waals surface area contributed by atoms with E-state index in [9.17, 15) is 0 Å². The minimum atomic E-state index is -0.475. The normalized spacial score (nSPS) is 13.4. The third-order valence-electron chi connectivity index (χ3n) is 0.287. The van der Waals surface area contributed by atoms with E-state index in [-0.39, 0.29) is 4.32 Å². The molecule has 2 nitrogen and oxygen atoms in total. The van der Waals surface area contributed by atoms with Gasteiger partial charge in [0.15, 0.2) is 0 Å². The summed E-state index contributed by atoms with van der Waals surface area (Å²) in [6.07, 6.45) is 0. The Balaban J connectivity index is 3.13. The maximum atomic E-state index is 8.52. The fourth-order valence-electron chi connectivity index (χ4n) is 0.168. The molecule has 0 fully saturated rings. The lowest BCUT2D eigenvalue weighted by Gasteiger charge is -1.97. The Morgan fingerprint density at radius 3 is 2.43 bits per heavy atom. The van der Waals surface area contributed by atoms with Crippen molar-refractivity contribution >= 4 is 28.3 Å². The third-order valence-corrected chi connectivity index (χ3v) is 1.15. The first-order valence-corrected chi connectivity index (χ1v) is 3.06. The monoisotopic (exact) mass is 137 g/mol. The molecule has 0 aliphatic carbocycles. The molecule has 0 rings (SSSR count). The Kier molecular flexibility index (Phi) is 3.33. The SMILES string of the molecule is CC(O)SC(N)=S. The molecule has 0 saturated carbocycles. The molecular weight excluding hydrogens is 130 g/mol. The first-order valence-electron chi connectivity index (χ1n) is 1.77. The lowest BCUT2D eigenvalue weighted by Crippen LogP contribution is -2.07. The fraction of sp³-hybridized carbons (Fsp3) is 0.667. The van der Waals surface area contributed by atoms with Gasteiger partial charge in [-0.05, 0) is 6.92 Å². The number of hydrogen-bond acceptors (Lipinski definition) is 3. The Morgan fingerprint density at radius 1 is 2.00 bits per heavy atom. The average molecular weight is 137 g/mol. The van der Waals surface area contributed by atoms with Gasteiger partial charge in [0.25, 0.3) is 0 Å². The number of aliphatic hydroxyl groups excluding tert-OH is 1. The van der Waals surface area contributed by atoms with Crippen molar-refractivity contribution in [2.45, 2.75) is 12.4 Å². The number of hydrogen-bond donors (Lipinski definition) is 2. The van der Waals surface area contributed by atoms with E-state index >= 15 is 0 Å². The van der Waals surface area contributed by atoms with E-state index < -0.39 is 5.44 Å². The molecule has 0 aliphatic rings. The molecule has 0 spiro atoms. The van der Waals surface area contributed by atoms with E-state index in [0.717, 1.165) is 11.8 Å². The second-order valence-electron chi connectivity index (χ2n) is 1.04. The third kappa shape index (κ3) is 6.20. The highest BCUT2D eigenvalue weighted by Gasteiger charge is 1.94. The summed E-state index contributed by atoms with van der Waals surface area (Å²) in [6, 6.07) is 0. The highest BCUT2D eigenvalue weighted by molar-refractivity contribution is 8.23. The number of nitrogens with two attached hydrogens (primary N) is 1. The topological polar surface area (TPSA) is 46.2 Å². The quantitative estimate of drug-likeness (QED) is 0.403. The highest BCUT2D eigenvalue weighted by Crippen LogP contribution is 2.04. The van der Waals surface area contributed by atoms with E-state index in [4.69, 9.17) is 10.8 Å². The van der Waals surface area contributed by atoms with Gasteiger partial charge in [-0.25, -0.2) is 0 Å². The minimum Gasteiger partial charge on any atom is -0.385 e. The number of thioether (sulfide) groups is 1. The first-order chi connectivity index (χ1) is 3.13. The van der Waals surface area contributed by atoms with Crippen molar-refractivity contribution in [2.75, 3.05) is 0 Å². The molecule has 1 unspecified atom stereocenters. The van der Waals surface area contributed by atoms with Crippen LogP contribution in [0.25, 0.3) is 0 Å². The number of rotatable bonds is 1. The maximum absolute atomic E-state index is 8.52. The Labute approximate surface area is 52.1 Å². The van der Waals surface area contributed by atoms with Gasteiger partial charge in [-0.1, -0.05) is 24.0 Å². The molecular formula is C3H7NOS2. The summed E-state index contributed by atoms with van der Waals surface area (Å²) in [6.45, 7) is 1.61. The van der Waals surface area contributed by atoms with Crippen LogP contribution in [0.15, 0.2) is 0 Å². The van der Waals surface area contributed by atoms with E-state index in [1.807, 2.05) is 0 Å².